The van der Waals surface area contributed by atoms with Gasteiger partial charge in [-0.3, -0.25) is 14.8 Å². The van der Waals surface area contributed by atoms with Gasteiger partial charge < -0.3 is 0 Å². The van der Waals surface area contributed by atoms with Crippen LogP contribution in [0.25, 0.3) is 11.0 Å². The molecule has 5 heteroatoms. The van der Waals surface area contributed by atoms with Gasteiger partial charge >= 0.3 is 0 Å². The lowest BCUT2D eigenvalue weighted by molar-refractivity contribution is 0.0993. The molecule has 3 aromatic rings. The molecule has 3 rings (SSSR count). The van der Waals surface area contributed by atoms with Crippen molar-refractivity contribution in [3.8, 4) is 0 Å². The minimum atomic E-state index is -0.522. The maximum atomic E-state index is 13.4. The summed E-state index contributed by atoms with van der Waals surface area (Å²) in [7, 11) is 0. The monoisotopic (exact) mass is 300 g/mol. The number of fused-ring (bicyclic) bond motifs is 1. The summed E-state index contributed by atoms with van der Waals surface area (Å²) >= 11 is 5.62. The van der Waals surface area contributed by atoms with E-state index in [0.29, 0.717) is 16.6 Å². The van der Waals surface area contributed by atoms with E-state index < -0.39 is 5.82 Å². The highest BCUT2D eigenvalue weighted by Gasteiger charge is 2.10. The topological polar surface area (TPSA) is 42.9 Å². The van der Waals surface area contributed by atoms with Crippen molar-refractivity contribution in [1.29, 1.82) is 0 Å². The molecule has 0 aliphatic carbocycles. The molecule has 0 N–H and O–H groups in total. The van der Waals surface area contributed by atoms with E-state index in [9.17, 15) is 9.18 Å². The van der Waals surface area contributed by atoms with E-state index in [2.05, 4.69) is 9.97 Å². The smallest absolute Gasteiger partial charge is 0.167 e. The zero-order chi connectivity index (χ0) is 14.8. The van der Waals surface area contributed by atoms with Gasteiger partial charge in [0.05, 0.1) is 16.1 Å². The Balaban J connectivity index is 1.87. The summed E-state index contributed by atoms with van der Waals surface area (Å²) < 4.78 is 13.4. The number of carbonyl (C=O) groups excluding carboxylic acids is 1. The molecule has 104 valence electrons. The maximum absolute atomic E-state index is 13.4. The molecule has 0 unspecified atom stereocenters. The highest BCUT2D eigenvalue weighted by atomic mass is 35.5. The Kier molecular flexibility index (Phi) is 3.62. The molecule has 0 fully saturated rings. The van der Waals surface area contributed by atoms with Crippen LogP contribution >= 0.6 is 11.6 Å². The number of Topliss-reactive ketones (excluding diaryl/α,β-unsaturated/α-hetero) is 1. The molecule has 0 amide bonds. The quantitative estimate of drug-likeness (QED) is 0.690. The van der Waals surface area contributed by atoms with E-state index in [0.717, 1.165) is 5.52 Å². The number of hydrogen-bond donors (Lipinski definition) is 0. The number of halogens is 2. The van der Waals surface area contributed by atoms with Crippen molar-refractivity contribution in [1.82, 2.24) is 9.97 Å². The van der Waals surface area contributed by atoms with Gasteiger partial charge in [-0.15, -0.1) is 0 Å². The summed E-state index contributed by atoms with van der Waals surface area (Å²) in [6.07, 6.45) is 3.28. The molecule has 21 heavy (non-hydrogen) atoms. The molecular weight excluding hydrogens is 291 g/mol. The van der Waals surface area contributed by atoms with E-state index in [4.69, 9.17) is 11.6 Å². The Hall–Kier alpha value is -2.33. The molecule has 0 saturated carbocycles. The summed E-state index contributed by atoms with van der Waals surface area (Å²) in [5.41, 5.74) is 2.50. The first-order chi connectivity index (χ1) is 10.1. The highest BCUT2D eigenvalue weighted by molar-refractivity contribution is 6.30. The predicted molar refractivity (Wildman–Crippen MR) is 79.0 cm³/mol. The van der Waals surface area contributed by atoms with E-state index in [1.165, 1.54) is 12.1 Å². The third-order valence-corrected chi connectivity index (χ3v) is 3.45. The second-order valence-electron chi connectivity index (χ2n) is 4.61. The zero-order valence-corrected chi connectivity index (χ0v) is 11.6. The van der Waals surface area contributed by atoms with Gasteiger partial charge in [-0.05, 0) is 35.9 Å². The number of hydrogen-bond acceptors (Lipinski definition) is 3. The van der Waals surface area contributed by atoms with E-state index >= 15 is 0 Å². The number of rotatable bonds is 3. The lowest BCUT2D eigenvalue weighted by atomic mass is 10.0. The second-order valence-corrected chi connectivity index (χ2v) is 5.02. The molecule has 1 heterocycles. The minimum Gasteiger partial charge on any atom is -0.294 e. The third kappa shape index (κ3) is 2.90. The summed E-state index contributed by atoms with van der Waals surface area (Å²) in [6, 6.07) is 9.51. The molecule has 2 aromatic carbocycles. The van der Waals surface area contributed by atoms with Crippen LogP contribution in [0.1, 0.15) is 15.9 Å². The average Bonchev–Trinajstić information content (AvgIpc) is 2.50. The first kappa shape index (κ1) is 13.6. The number of carbonyl (C=O) groups is 1. The Morgan fingerprint density at radius 3 is 2.57 bits per heavy atom. The Morgan fingerprint density at radius 1 is 1.05 bits per heavy atom. The Labute approximate surface area is 125 Å². The van der Waals surface area contributed by atoms with Crippen LogP contribution in [0.4, 0.5) is 4.39 Å². The van der Waals surface area contributed by atoms with Gasteiger partial charge in [0.15, 0.2) is 5.78 Å². The first-order valence-corrected chi connectivity index (χ1v) is 6.69. The van der Waals surface area contributed by atoms with Crippen molar-refractivity contribution in [2.24, 2.45) is 0 Å². The molecule has 0 bridgehead atoms. The molecule has 1 aromatic heterocycles. The van der Waals surface area contributed by atoms with Gasteiger partial charge in [-0.2, -0.15) is 0 Å². The number of aromatic nitrogens is 2. The number of nitrogens with zero attached hydrogens (tertiary/aromatic N) is 2. The minimum absolute atomic E-state index is 0.0483. The van der Waals surface area contributed by atoms with Gasteiger partial charge in [0.2, 0.25) is 0 Å². The summed E-state index contributed by atoms with van der Waals surface area (Å²) in [4.78, 5) is 20.6. The third-order valence-electron chi connectivity index (χ3n) is 3.14. The number of ketones is 1. The van der Waals surface area contributed by atoms with E-state index in [-0.39, 0.29) is 17.2 Å². The summed E-state index contributed by atoms with van der Waals surface area (Å²) in [5, 5.41) is 0.0483. The van der Waals surface area contributed by atoms with Crippen LogP contribution in [0, 0.1) is 5.82 Å². The van der Waals surface area contributed by atoms with Gasteiger partial charge in [0.25, 0.3) is 0 Å². The fourth-order valence-corrected chi connectivity index (χ4v) is 2.19. The lowest BCUT2D eigenvalue weighted by Gasteiger charge is -2.04. The molecule has 0 atom stereocenters. The second kappa shape index (κ2) is 5.58. The molecule has 0 aliphatic rings. The number of benzene rings is 2. The van der Waals surface area contributed by atoms with Crippen LogP contribution in [-0.4, -0.2) is 15.8 Å². The van der Waals surface area contributed by atoms with E-state index in [1.807, 2.05) is 0 Å². The molecule has 0 saturated heterocycles. The molecule has 3 nitrogen and oxygen atoms in total. The SMILES string of the molecule is O=C(Cc1ccc(Cl)c(F)c1)c1ccc2nccnc2c1. The van der Waals surface area contributed by atoms with Crippen molar-refractivity contribution in [2.75, 3.05) is 0 Å². The van der Waals surface area contributed by atoms with Gasteiger partial charge in [0, 0.05) is 24.4 Å². The molecule has 0 aliphatic heterocycles. The van der Waals surface area contributed by atoms with Crippen LogP contribution < -0.4 is 0 Å². The Bertz CT molecular complexity index is 835. The fourth-order valence-electron chi connectivity index (χ4n) is 2.07. The van der Waals surface area contributed by atoms with Crippen molar-refractivity contribution < 1.29 is 9.18 Å². The average molecular weight is 301 g/mol. The summed E-state index contributed by atoms with van der Waals surface area (Å²) in [6.45, 7) is 0. The zero-order valence-electron chi connectivity index (χ0n) is 10.9. The van der Waals surface area contributed by atoms with Crippen LogP contribution in [-0.2, 0) is 6.42 Å². The van der Waals surface area contributed by atoms with Crippen molar-refractivity contribution in [3.63, 3.8) is 0 Å². The highest BCUT2D eigenvalue weighted by Crippen LogP contribution is 2.18. The Morgan fingerprint density at radius 2 is 1.81 bits per heavy atom. The van der Waals surface area contributed by atoms with Gasteiger partial charge in [-0.1, -0.05) is 17.7 Å². The van der Waals surface area contributed by atoms with Crippen LogP contribution in [0.3, 0.4) is 0 Å². The van der Waals surface area contributed by atoms with Gasteiger partial charge in [0.1, 0.15) is 5.82 Å². The maximum Gasteiger partial charge on any atom is 0.167 e. The molecular formula is C16H10ClFN2O. The van der Waals surface area contributed by atoms with Crippen molar-refractivity contribution >= 4 is 28.4 Å². The van der Waals surface area contributed by atoms with E-state index in [1.54, 1.807) is 36.7 Å². The van der Waals surface area contributed by atoms with Crippen molar-refractivity contribution in [2.45, 2.75) is 6.42 Å². The molecule has 0 spiro atoms. The normalized spacial score (nSPS) is 10.8. The van der Waals surface area contributed by atoms with Crippen LogP contribution in [0.15, 0.2) is 48.8 Å². The standard InChI is InChI=1S/C16H10ClFN2O/c17-12-3-1-10(7-13(12)18)8-16(21)11-2-4-14-15(9-11)20-6-5-19-14/h1-7,9H,8H2. The van der Waals surface area contributed by atoms with Crippen molar-refractivity contribution in [3.05, 3.63) is 70.8 Å². The molecule has 0 radical (unpaired) electrons. The van der Waals surface area contributed by atoms with Gasteiger partial charge in [-0.25, -0.2) is 4.39 Å². The van der Waals surface area contributed by atoms with Crippen LogP contribution in [0.5, 0.6) is 0 Å². The first-order valence-electron chi connectivity index (χ1n) is 6.31. The fraction of sp³-hybridized carbons (Fsp3) is 0.0625. The van der Waals surface area contributed by atoms with Crippen LogP contribution in [0.2, 0.25) is 5.02 Å². The largest absolute Gasteiger partial charge is 0.294 e. The predicted octanol–water partition coefficient (Wildman–Crippen LogP) is 3.85. The summed E-state index contributed by atoms with van der Waals surface area (Å²) in [5.74, 6) is -0.629. The lowest BCUT2D eigenvalue weighted by Crippen LogP contribution is -2.04.